The molecule has 30 heavy (non-hydrogen) atoms. The molecule has 0 radical (unpaired) electrons. The van der Waals surface area contributed by atoms with Crippen LogP contribution in [0.5, 0.6) is 0 Å². The van der Waals surface area contributed by atoms with Crippen LogP contribution < -0.4 is 0 Å². The molecule has 1 heteroatoms. The van der Waals surface area contributed by atoms with Crippen molar-refractivity contribution in [2.45, 2.75) is 119 Å². The number of aliphatic hydroxyl groups is 1. The second-order valence-electron chi connectivity index (χ2n) is 13.0. The minimum Gasteiger partial charge on any atom is -0.393 e. The van der Waals surface area contributed by atoms with Crippen LogP contribution in [0.3, 0.4) is 0 Å². The topological polar surface area (TPSA) is 20.2 Å². The van der Waals surface area contributed by atoms with Gasteiger partial charge in [0.25, 0.3) is 0 Å². The molecule has 4 rings (SSSR count). The Morgan fingerprint density at radius 1 is 0.967 bits per heavy atom. The Morgan fingerprint density at radius 3 is 2.40 bits per heavy atom. The Balaban J connectivity index is 1.58. The zero-order chi connectivity index (χ0) is 21.9. The molecule has 1 N–H and O–H groups in total. The molecule has 0 aromatic heterocycles. The predicted molar refractivity (Wildman–Crippen MR) is 128 cm³/mol. The molecule has 6 atom stereocenters. The zero-order valence-corrected chi connectivity index (χ0v) is 21.0. The summed E-state index contributed by atoms with van der Waals surface area (Å²) >= 11 is 0. The van der Waals surface area contributed by atoms with Crippen LogP contribution in [-0.4, -0.2) is 11.2 Å². The number of fused-ring (bicyclic) bond motifs is 4. The van der Waals surface area contributed by atoms with E-state index < -0.39 is 0 Å². The quantitative estimate of drug-likeness (QED) is 0.483. The Kier molecular flexibility index (Phi) is 5.87. The van der Waals surface area contributed by atoms with Gasteiger partial charge in [-0.2, -0.15) is 0 Å². The summed E-state index contributed by atoms with van der Waals surface area (Å²) in [5.74, 6) is 3.13. The van der Waals surface area contributed by atoms with Crippen molar-refractivity contribution in [3.63, 3.8) is 0 Å². The van der Waals surface area contributed by atoms with Crippen molar-refractivity contribution in [3.05, 3.63) is 22.8 Å². The summed E-state index contributed by atoms with van der Waals surface area (Å²) in [5, 5.41) is 10.8. The monoisotopic (exact) mass is 412 g/mol. The van der Waals surface area contributed by atoms with E-state index in [0.717, 1.165) is 24.2 Å². The van der Waals surface area contributed by atoms with E-state index in [9.17, 15) is 5.11 Å². The van der Waals surface area contributed by atoms with Crippen molar-refractivity contribution in [1.29, 1.82) is 0 Å². The van der Waals surface area contributed by atoms with Crippen molar-refractivity contribution >= 4 is 0 Å². The molecule has 0 spiro atoms. The molecule has 4 aliphatic rings. The van der Waals surface area contributed by atoms with Gasteiger partial charge < -0.3 is 5.11 Å². The first-order valence-corrected chi connectivity index (χ1v) is 13.1. The Bertz CT molecular complexity index is 725. The maximum absolute atomic E-state index is 10.8. The fourth-order valence-corrected chi connectivity index (χ4v) is 8.63. The maximum Gasteiger partial charge on any atom is 0.0594 e. The lowest BCUT2D eigenvalue weighted by molar-refractivity contribution is -0.0905. The zero-order valence-electron chi connectivity index (χ0n) is 21.0. The Morgan fingerprint density at radius 2 is 1.70 bits per heavy atom. The molecule has 1 fully saturated rings. The van der Waals surface area contributed by atoms with Crippen molar-refractivity contribution in [2.75, 3.05) is 0 Å². The lowest BCUT2D eigenvalue weighted by atomic mass is 9.46. The Hall–Kier alpha value is -0.560. The lowest BCUT2D eigenvalue weighted by Crippen LogP contribution is -2.53. The van der Waals surface area contributed by atoms with Crippen molar-refractivity contribution in [1.82, 2.24) is 0 Å². The second-order valence-corrected chi connectivity index (χ2v) is 13.0. The van der Waals surface area contributed by atoms with Gasteiger partial charge in [-0.25, -0.2) is 0 Å². The highest BCUT2D eigenvalue weighted by molar-refractivity contribution is 5.49. The first-order chi connectivity index (χ1) is 14.0. The van der Waals surface area contributed by atoms with E-state index in [-0.39, 0.29) is 11.5 Å². The number of aliphatic hydroxyl groups excluding tert-OH is 1. The number of rotatable bonds is 5. The molecule has 0 aliphatic heterocycles. The van der Waals surface area contributed by atoms with E-state index in [2.05, 4.69) is 54.5 Å². The van der Waals surface area contributed by atoms with E-state index in [4.69, 9.17) is 0 Å². The van der Waals surface area contributed by atoms with E-state index in [1.807, 2.05) is 0 Å². The first kappa shape index (κ1) is 22.6. The highest BCUT2D eigenvalue weighted by Crippen LogP contribution is 2.66. The van der Waals surface area contributed by atoms with E-state index in [1.54, 1.807) is 16.7 Å². The number of allylic oxidation sites excluding steroid dienone is 4. The Labute approximate surface area is 186 Å². The van der Waals surface area contributed by atoms with Gasteiger partial charge in [-0.1, -0.05) is 79.4 Å². The van der Waals surface area contributed by atoms with Gasteiger partial charge in [0.1, 0.15) is 0 Å². The molecule has 170 valence electrons. The third kappa shape index (κ3) is 3.37. The summed E-state index contributed by atoms with van der Waals surface area (Å²) in [4.78, 5) is 0. The van der Waals surface area contributed by atoms with Crippen LogP contribution in [0, 0.1) is 39.9 Å². The van der Waals surface area contributed by atoms with Gasteiger partial charge in [-0.05, 0) is 96.0 Å². The van der Waals surface area contributed by atoms with Gasteiger partial charge in [0, 0.05) is 0 Å². The molecule has 1 nitrogen and oxygen atoms in total. The molecule has 0 saturated heterocycles. The van der Waals surface area contributed by atoms with Crippen LogP contribution in [0.25, 0.3) is 0 Å². The van der Waals surface area contributed by atoms with Gasteiger partial charge in [0.2, 0.25) is 0 Å². The normalized spacial score (nSPS) is 41.2. The van der Waals surface area contributed by atoms with Crippen LogP contribution in [0.2, 0.25) is 0 Å². The van der Waals surface area contributed by atoms with Crippen LogP contribution in [-0.2, 0) is 0 Å². The van der Waals surface area contributed by atoms with Gasteiger partial charge in [-0.3, -0.25) is 0 Å². The standard InChI is InChI=1S/C29H48O/c1-19(2)9-8-10-20(3)22-12-13-23-21-11-14-25-27(4,5)26(30)16-18-29(25,7)24(21)15-17-28(22,23)6/h13,19-20,22,25-26,30H,8-12,14-18H2,1-7H3/t20-,22-,25?,26-,28-,29-/m1/s1. The second kappa shape index (κ2) is 7.79. The van der Waals surface area contributed by atoms with E-state index in [1.165, 1.54) is 57.8 Å². The summed E-state index contributed by atoms with van der Waals surface area (Å²) in [7, 11) is 0. The summed E-state index contributed by atoms with van der Waals surface area (Å²) in [5.41, 5.74) is 6.09. The van der Waals surface area contributed by atoms with E-state index >= 15 is 0 Å². The molecule has 1 unspecified atom stereocenters. The smallest absolute Gasteiger partial charge is 0.0594 e. The van der Waals surface area contributed by atoms with Gasteiger partial charge >= 0.3 is 0 Å². The fraction of sp³-hybridized carbons (Fsp3) is 0.862. The van der Waals surface area contributed by atoms with Gasteiger partial charge in [-0.15, -0.1) is 0 Å². The fourth-order valence-electron chi connectivity index (χ4n) is 8.63. The summed E-state index contributed by atoms with van der Waals surface area (Å²) in [6.45, 7) is 17.1. The summed E-state index contributed by atoms with van der Waals surface area (Å²) in [6.07, 6.45) is 15.3. The molecule has 0 heterocycles. The molecule has 0 aromatic carbocycles. The maximum atomic E-state index is 10.8. The summed E-state index contributed by atoms with van der Waals surface area (Å²) < 4.78 is 0. The van der Waals surface area contributed by atoms with Crippen LogP contribution in [0.1, 0.15) is 113 Å². The van der Waals surface area contributed by atoms with Gasteiger partial charge in [0.05, 0.1) is 6.10 Å². The SMILES string of the molecule is CC(C)CCC[C@@H](C)[C@H]1CC=C2C3=C(CC[C@@]21C)[C@@]1(C)CC[C@@H](O)C(C)(C)C1CC3. The number of hydrogen-bond acceptors (Lipinski definition) is 1. The molecule has 0 amide bonds. The van der Waals surface area contributed by atoms with Crippen molar-refractivity contribution < 1.29 is 5.11 Å². The highest BCUT2D eigenvalue weighted by Gasteiger charge is 2.57. The lowest BCUT2D eigenvalue weighted by Gasteiger charge is -2.59. The van der Waals surface area contributed by atoms with E-state index in [0.29, 0.717) is 16.7 Å². The molecule has 0 aromatic rings. The van der Waals surface area contributed by atoms with Crippen molar-refractivity contribution in [3.8, 4) is 0 Å². The van der Waals surface area contributed by atoms with Crippen LogP contribution in [0.4, 0.5) is 0 Å². The summed E-state index contributed by atoms with van der Waals surface area (Å²) in [6, 6.07) is 0. The van der Waals surface area contributed by atoms with Crippen molar-refractivity contribution in [2.24, 2.45) is 39.9 Å². The first-order valence-electron chi connectivity index (χ1n) is 13.1. The molecular formula is C29H48O. The third-order valence-electron chi connectivity index (χ3n) is 10.6. The largest absolute Gasteiger partial charge is 0.393 e. The molecule has 4 aliphatic carbocycles. The predicted octanol–water partition coefficient (Wildman–Crippen LogP) is 8.09. The van der Waals surface area contributed by atoms with Crippen LogP contribution >= 0.6 is 0 Å². The average Bonchev–Trinajstić information content (AvgIpc) is 3.02. The average molecular weight is 413 g/mol. The highest BCUT2D eigenvalue weighted by atomic mass is 16.3. The molecular weight excluding hydrogens is 364 g/mol. The number of hydrogen-bond donors (Lipinski definition) is 1. The van der Waals surface area contributed by atoms with Crippen LogP contribution in [0.15, 0.2) is 22.8 Å². The molecule has 1 saturated carbocycles. The third-order valence-corrected chi connectivity index (χ3v) is 10.6. The minimum absolute atomic E-state index is 0.0454. The molecule has 0 bridgehead atoms. The van der Waals surface area contributed by atoms with Gasteiger partial charge in [0.15, 0.2) is 0 Å². The minimum atomic E-state index is -0.131.